The van der Waals surface area contributed by atoms with E-state index in [2.05, 4.69) is 0 Å². The molecule has 3 nitrogen and oxygen atoms in total. The Morgan fingerprint density at radius 2 is 1.73 bits per heavy atom. The fourth-order valence-corrected chi connectivity index (χ4v) is 3.20. The van der Waals surface area contributed by atoms with Crippen LogP contribution in [-0.4, -0.2) is 8.42 Å². The number of halogens is 1. The average molecular weight is 332 g/mol. The summed E-state index contributed by atoms with van der Waals surface area (Å²) in [6.07, 6.45) is 1.39. The van der Waals surface area contributed by atoms with Crippen molar-refractivity contribution in [3.63, 3.8) is 0 Å². The molecule has 0 radical (unpaired) electrons. The lowest BCUT2D eigenvalue weighted by atomic mass is 10.1. The van der Waals surface area contributed by atoms with Gasteiger partial charge in [-0.25, -0.2) is 8.42 Å². The summed E-state index contributed by atoms with van der Waals surface area (Å²) in [5.74, 6) is 0. The molecule has 0 aliphatic carbocycles. The van der Waals surface area contributed by atoms with Gasteiger partial charge in [-0.2, -0.15) is 5.26 Å². The Morgan fingerprint density at radius 1 is 1.09 bits per heavy atom. The number of nitriles is 1. The maximum Gasteiger partial charge on any atom is 0.216 e. The summed E-state index contributed by atoms with van der Waals surface area (Å²) in [5.41, 5.74) is 2.82. The summed E-state index contributed by atoms with van der Waals surface area (Å²) in [6.45, 7) is 3.91. The highest BCUT2D eigenvalue weighted by atomic mass is 35.5. The summed E-state index contributed by atoms with van der Waals surface area (Å²) in [6, 6.07) is 13.1. The molecule has 0 aliphatic heterocycles. The first kappa shape index (κ1) is 16.3. The van der Waals surface area contributed by atoms with Crippen molar-refractivity contribution in [2.45, 2.75) is 18.7 Å². The Labute approximate surface area is 135 Å². The molecule has 0 fully saturated rings. The molecule has 5 heteroatoms. The van der Waals surface area contributed by atoms with E-state index in [0.717, 1.165) is 11.1 Å². The summed E-state index contributed by atoms with van der Waals surface area (Å²) >= 11 is 5.76. The van der Waals surface area contributed by atoms with E-state index in [1.807, 2.05) is 26.0 Å². The van der Waals surface area contributed by atoms with Gasteiger partial charge in [0.25, 0.3) is 0 Å². The summed E-state index contributed by atoms with van der Waals surface area (Å²) < 4.78 is 25.0. The van der Waals surface area contributed by atoms with E-state index in [1.165, 1.54) is 30.3 Å². The van der Waals surface area contributed by atoms with Gasteiger partial charge in [0.15, 0.2) is 0 Å². The van der Waals surface area contributed by atoms with E-state index in [9.17, 15) is 13.7 Å². The molecular weight excluding hydrogens is 318 g/mol. The fourth-order valence-electron chi connectivity index (χ4n) is 1.92. The SMILES string of the molecule is Cc1ccc(C=C(C#N)S(=O)(=O)c2ccc(Cl)cc2)cc1C. The van der Waals surface area contributed by atoms with Crippen molar-refractivity contribution in [3.05, 3.63) is 69.1 Å². The molecule has 0 heterocycles. The van der Waals surface area contributed by atoms with Gasteiger partial charge in [0.2, 0.25) is 9.84 Å². The second kappa shape index (κ2) is 6.35. The van der Waals surface area contributed by atoms with Gasteiger partial charge in [0.1, 0.15) is 11.0 Å². The lowest BCUT2D eigenvalue weighted by Gasteiger charge is -2.05. The van der Waals surface area contributed by atoms with Gasteiger partial charge in [-0.05, 0) is 60.9 Å². The molecule has 2 rings (SSSR count). The van der Waals surface area contributed by atoms with Gasteiger partial charge >= 0.3 is 0 Å². The van der Waals surface area contributed by atoms with Crippen LogP contribution >= 0.6 is 11.6 Å². The number of allylic oxidation sites excluding steroid dienone is 1. The third-order valence-corrected chi connectivity index (χ3v) is 5.29. The van der Waals surface area contributed by atoms with Crippen LogP contribution in [0.4, 0.5) is 0 Å². The first-order valence-corrected chi connectivity index (χ1v) is 8.40. The second-order valence-electron chi connectivity index (χ2n) is 4.92. The maximum atomic E-state index is 12.5. The number of hydrogen-bond acceptors (Lipinski definition) is 3. The van der Waals surface area contributed by atoms with Crippen LogP contribution in [0.15, 0.2) is 52.3 Å². The van der Waals surface area contributed by atoms with Crippen LogP contribution in [0.3, 0.4) is 0 Å². The zero-order chi connectivity index (χ0) is 16.3. The van der Waals surface area contributed by atoms with Crippen LogP contribution in [0.25, 0.3) is 6.08 Å². The standard InChI is InChI=1S/C17H14ClNO2S/c1-12-3-4-14(9-13(12)2)10-17(11-19)22(20,21)16-7-5-15(18)6-8-16/h3-10H,1-2H3. The molecule has 0 unspecified atom stereocenters. The minimum Gasteiger partial charge on any atom is -0.218 e. The lowest BCUT2D eigenvalue weighted by molar-refractivity contribution is 0.603. The Morgan fingerprint density at radius 3 is 2.27 bits per heavy atom. The third-order valence-electron chi connectivity index (χ3n) is 3.35. The largest absolute Gasteiger partial charge is 0.218 e. The molecule has 0 aromatic heterocycles. The normalized spacial score (nSPS) is 12.0. The summed E-state index contributed by atoms with van der Waals surface area (Å²) in [5, 5.41) is 9.68. The Bertz CT molecular complexity index is 876. The predicted octanol–water partition coefficient (Wildman–Crippen LogP) is 4.30. The average Bonchev–Trinajstić information content (AvgIpc) is 2.48. The molecule has 0 bridgehead atoms. The van der Waals surface area contributed by atoms with E-state index >= 15 is 0 Å². The molecule has 2 aromatic carbocycles. The Hall–Kier alpha value is -2.09. The monoisotopic (exact) mass is 331 g/mol. The van der Waals surface area contributed by atoms with E-state index in [4.69, 9.17) is 11.6 Å². The van der Waals surface area contributed by atoms with Gasteiger partial charge < -0.3 is 0 Å². The van der Waals surface area contributed by atoms with Crippen molar-refractivity contribution in [2.24, 2.45) is 0 Å². The third kappa shape index (κ3) is 3.38. The van der Waals surface area contributed by atoms with E-state index < -0.39 is 9.84 Å². The number of aryl methyl sites for hydroxylation is 2. The minimum absolute atomic E-state index is 0.0496. The molecule has 0 spiro atoms. The predicted molar refractivity (Wildman–Crippen MR) is 88.1 cm³/mol. The van der Waals surface area contributed by atoms with Crippen molar-refractivity contribution in [3.8, 4) is 6.07 Å². The Kier molecular flexibility index (Phi) is 4.70. The van der Waals surface area contributed by atoms with Crippen LogP contribution < -0.4 is 0 Å². The molecule has 22 heavy (non-hydrogen) atoms. The van der Waals surface area contributed by atoms with Crippen LogP contribution in [0.5, 0.6) is 0 Å². The van der Waals surface area contributed by atoms with Gasteiger partial charge in [0.05, 0.1) is 4.90 Å². The molecule has 0 aliphatic rings. The first-order valence-electron chi connectivity index (χ1n) is 6.54. The first-order chi connectivity index (χ1) is 10.3. The minimum atomic E-state index is -3.85. The Balaban J connectivity index is 2.51. The molecule has 0 amide bonds. The molecule has 0 saturated carbocycles. The highest BCUT2D eigenvalue weighted by Crippen LogP contribution is 2.23. The second-order valence-corrected chi connectivity index (χ2v) is 7.28. The molecule has 0 N–H and O–H groups in total. The van der Waals surface area contributed by atoms with Crippen LogP contribution in [0.2, 0.25) is 5.02 Å². The maximum absolute atomic E-state index is 12.5. The van der Waals surface area contributed by atoms with Gasteiger partial charge in [-0.3, -0.25) is 0 Å². The summed E-state index contributed by atoms with van der Waals surface area (Å²) in [4.78, 5) is -0.244. The quantitative estimate of drug-likeness (QED) is 0.788. The van der Waals surface area contributed by atoms with Crippen LogP contribution in [0.1, 0.15) is 16.7 Å². The van der Waals surface area contributed by atoms with E-state index in [-0.39, 0.29) is 9.80 Å². The number of benzene rings is 2. The molecule has 0 atom stereocenters. The smallest absolute Gasteiger partial charge is 0.216 e. The van der Waals surface area contributed by atoms with Gasteiger partial charge in [-0.1, -0.05) is 29.8 Å². The van der Waals surface area contributed by atoms with Crippen molar-refractivity contribution < 1.29 is 8.42 Å². The molecule has 112 valence electrons. The zero-order valence-corrected chi connectivity index (χ0v) is 13.7. The van der Waals surface area contributed by atoms with Gasteiger partial charge in [0, 0.05) is 5.02 Å². The lowest BCUT2D eigenvalue weighted by Crippen LogP contribution is -2.03. The highest BCUT2D eigenvalue weighted by molar-refractivity contribution is 7.95. The number of sulfone groups is 1. The zero-order valence-electron chi connectivity index (χ0n) is 12.2. The van der Waals surface area contributed by atoms with Crippen molar-refractivity contribution >= 4 is 27.5 Å². The van der Waals surface area contributed by atoms with Crippen molar-refractivity contribution in [1.82, 2.24) is 0 Å². The van der Waals surface area contributed by atoms with Crippen LogP contribution in [-0.2, 0) is 9.84 Å². The van der Waals surface area contributed by atoms with Crippen molar-refractivity contribution in [1.29, 1.82) is 5.26 Å². The van der Waals surface area contributed by atoms with E-state index in [0.29, 0.717) is 10.6 Å². The van der Waals surface area contributed by atoms with Gasteiger partial charge in [-0.15, -0.1) is 0 Å². The highest BCUT2D eigenvalue weighted by Gasteiger charge is 2.20. The number of hydrogen-bond donors (Lipinski definition) is 0. The summed E-state index contributed by atoms with van der Waals surface area (Å²) in [7, 11) is -3.85. The number of nitrogens with zero attached hydrogens (tertiary/aromatic N) is 1. The van der Waals surface area contributed by atoms with Crippen molar-refractivity contribution in [2.75, 3.05) is 0 Å². The molecular formula is C17H14ClNO2S. The fraction of sp³-hybridized carbons (Fsp3) is 0.118. The number of rotatable bonds is 3. The van der Waals surface area contributed by atoms with Crippen LogP contribution in [0, 0.1) is 25.2 Å². The molecule has 2 aromatic rings. The molecule has 0 saturated heterocycles. The van der Waals surface area contributed by atoms with E-state index in [1.54, 1.807) is 12.1 Å². The topological polar surface area (TPSA) is 57.9 Å².